The second kappa shape index (κ2) is 14.3. The highest BCUT2D eigenvalue weighted by atomic mass is 32.2. The van der Waals surface area contributed by atoms with Crippen LogP contribution >= 0.6 is 0 Å². The molecule has 0 radical (unpaired) electrons. The number of methoxy groups -OCH3 is 1. The molecule has 5 rings (SSSR count). The zero-order chi connectivity index (χ0) is 32.7. The molecule has 3 heterocycles. The van der Waals surface area contributed by atoms with Crippen LogP contribution in [0.5, 0.6) is 23.1 Å². The minimum atomic E-state index is -4.19. The van der Waals surface area contributed by atoms with E-state index in [1.165, 1.54) is 31.5 Å². The molecule has 244 valence electrons. The summed E-state index contributed by atoms with van der Waals surface area (Å²) >= 11 is 0. The van der Waals surface area contributed by atoms with Crippen LogP contribution in [0.4, 0.5) is 5.82 Å². The van der Waals surface area contributed by atoms with Crippen LogP contribution < -0.4 is 24.5 Å². The lowest BCUT2D eigenvalue weighted by Gasteiger charge is -2.23. The molecule has 2 aromatic carbocycles. The van der Waals surface area contributed by atoms with Crippen molar-refractivity contribution >= 4 is 15.8 Å². The smallest absolute Gasteiger partial charge is 0.263 e. The molecule has 2 N–H and O–H groups in total. The first-order valence-corrected chi connectivity index (χ1v) is 16.4. The third-order valence-corrected chi connectivity index (χ3v) is 8.53. The second-order valence-corrected chi connectivity index (χ2v) is 13.3. The highest BCUT2D eigenvalue weighted by molar-refractivity contribution is 7.92. The highest BCUT2D eigenvalue weighted by Crippen LogP contribution is 2.41. The molecule has 2 aromatic heterocycles. The molecule has 0 saturated carbocycles. The summed E-state index contributed by atoms with van der Waals surface area (Å²) in [6.07, 6.45) is 3.90. The third kappa shape index (κ3) is 8.22. The minimum absolute atomic E-state index is 0.0170. The summed E-state index contributed by atoms with van der Waals surface area (Å²) in [7, 11) is -2.70. The molecule has 1 fully saturated rings. The monoisotopic (exact) mass is 650 g/mol. The van der Waals surface area contributed by atoms with Crippen molar-refractivity contribution in [1.29, 1.82) is 0 Å². The number of aromatic amines is 1. The Labute approximate surface area is 268 Å². The summed E-state index contributed by atoms with van der Waals surface area (Å²) in [4.78, 5) is 23.8. The summed E-state index contributed by atoms with van der Waals surface area (Å²) in [5.41, 5.74) is 0.750. The van der Waals surface area contributed by atoms with Gasteiger partial charge < -0.3 is 28.7 Å². The molecule has 0 spiro atoms. The number of aromatic nitrogens is 3. The zero-order valence-corrected chi connectivity index (χ0v) is 27.1. The maximum atomic E-state index is 13.8. The van der Waals surface area contributed by atoms with Gasteiger partial charge in [0.05, 0.1) is 18.6 Å². The lowest BCUT2D eigenvalue weighted by atomic mass is 9.87. The Hall–Kier alpha value is -4.46. The SMILES string of the molecule is COc1ccccc1Oc1c(NS(=O)(=O)c2ccc(C(C)(C)C)cc2)nc(-c2cc[nH]c(=O)c2)nc1OCCOC1CCCCO1. The van der Waals surface area contributed by atoms with Gasteiger partial charge in [0.2, 0.25) is 11.3 Å². The third-order valence-electron chi connectivity index (χ3n) is 7.17. The van der Waals surface area contributed by atoms with Gasteiger partial charge in [0.25, 0.3) is 15.9 Å². The second-order valence-electron chi connectivity index (χ2n) is 11.6. The number of nitrogens with zero attached hydrogens (tertiary/aromatic N) is 2. The van der Waals surface area contributed by atoms with Crippen LogP contribution in [0.3, 0.4) is 0 Å². The van der Waals surface area contributed by atoms with Crippen LogP contribution in [0, 0.1) is 0 Å². The number of nitrogens with one attached hydrogen (secondary N) is 2. The first-order valence-electron chi connectivity index (χ1n) is 14.9. The van der Waals surface area contributed by atoms with E-state index < -0.39 is 10.0 Å². The summed E-state index contributed by atoms with van der Waals surface area (Å²) < 4.78 is 59.3. The summed E-state index contributed by atoms with van der Waals surface area (Å²) in [6, 6.07) is 16.4. The maximum absolute atomic E-state index is 13.8. The van der Waals surface area contributed by atoms with Crippen molar-refractivity contribution in [2.24, 2.45) is 0 Å². The fraction of sp³-hybridized carbons (Fsp3) is 0.364. The normalized spacial score (nSPS) is 15.3. The Morgan fingerprint density at radius 1 is 1.00 bits per heavy atom. The van der Waals surface area contributed by atoms with E-state index in [1.807, 2.05) is 20.8 Å². The molecule has 1 aliphatic rings. The van der Waals surface area contributed by atoms with E-state index in [1.54, 1.807) is 42.5 Å². The number of sulfonamides is 1. The van der Waals surface area contributed by atoms with E-state index in [2.05, 4.69) is 19.7 Å². The molecule has 1 unspecified atom stereocenters. The van der Waals surface area contributed by atoms with Crippen molar-refractivity contribution < 1.29 is 32.1 Å². The fourth-order valence-electron chi connectivity index (χ4n) is 4.70. The van der Waals surface area contributed by atoms with Gasteiger partial charge in [-0.15, -0.1) is 0 Å². The van der Waals surface area contributed by atoms with Crippen molar-refractivity contribution in [2.45, 2.75) is 56.6 Å². The van der Waals surface area contributed by atoms with Gasteiger partial charge in [-0.25, -0.2) is 13.4 Å². The molecular formula is C33H38N4O8S. The average molecular weight is 651 g/mol. The number of hydrogen-bond acceptors (Lipinski definition) is 10. The number of pyridine rings is 1. The molecule has 1 saturated heterocycles. The molecule has 0 bridgehead atoms. The average Bonchev–Trinajstić information content (AvgIpc) is 3.04. The van der Waals surface area contributed by atoms with Crippen molar-refractivity contribution in [3.63, 3.8) is 0 Å². The van der Waals surface area contributed by atoms with Gasteiger partial charge in [-0.2, -0.15) is 4.98 Å². The van der Waals surface area contributed by atoms with Gasteiger partial charge in [-0.05, 0) is 60.6 Å². The predicted molar refractivity (Wildman–Crippen MR) is 172 cm³/mol. The Morgan fingerprint density at radius 2 is 1.76 bits per heavy atom. The van der Waals surface area contributed by atoms with Crippen molar-refractivity contribution in [3.8, 4) is 34.5 Å². The number of ether oxygens (including phenoxy) is 5. The molecule has 0 aliphatic carbocycles. The number of anilines is 1. The van der Waals surface area contributed by atoms with Crippen LogP contribution in [-0.4, -0.2) is 56.6 Å². The standard InChI is InChI=1S/C33H38N4O8S/c1-33(2,3)23-12-14-24(15-13-23)46(39,40)37-31-29(45-26-10-6-5-9-25(26)41-4)32(44-20-19-43-28-11-7-8-18-42-28)36-30(35-31)22-16-17-34-27(38)21-22/h5-6,9-10,12-17,21,28H,7-8,11,18-20H2,1-4H3,(H,34,38)(H,35,36,37). The molecular weight excluding hydrogens is 612 g/mol. The Balaban J connectivity index is 1.56. The zero-order valence-electron chi connectivity index (χ0n) is 26.2. The molecule has 0 amide bonds. The first-order chi connectivity index (χ1) is 22.0. The van der Waals surface area contributed by atoms with Crippen molar-refractivity contribution in [2.75, 3.05) is 31.7 Å². The van der Waals surface area contributed by atoms with Gasteiger partial charge in [-0.3, -0.25) is 9.52 Å². The van der Waals surface area contributed by atoms with Gasteiger partial charge in [0.1, 0.15) is 6.61 Å². The maximum Gasteiger partial charge on any atom is 0.263 e. The van der Waals surface area contributed by atoms with Gasteiger partial charge in [-0.1, -0.05) is 45.0 Å². The quantitative estimate of drug-likeness (QED) is 0.184. The van der Waals surface area contributed by atoms with E-state index in [4.69, 9.17) is 23.7 Å². The van der Waals surface area contributed by atoms with E-state index in [-0.39, 0.29) is 64.4 Å². The topological polar surface area (TPSA) is 151 Å². The molecule has 12 nitrogen and oxygen atoms in total. The van der Waals surface area contributed by atoms with Crippen LogP contribution in [0.1, 0.15) is 45.6 Å². The number of benzene rings is 2. The lowest BCUT2D eigenvalue weighted by Crippen LogP contribution is -2.24. The van der Waals surface area contributed by atoms with Gasteiger partial charge >= 0.3 is 0 Å². The first kappa shape index (κ1) is 32.9. The van der Waals surface area contributed by atoms with Crippen molar-refractivity contribution in [3.05, 3.63) is 82.8 Å². The Bertz CT molecular complexity index is 1800. The summed E-state index contributed by atoms with van der Waals surface area (Å²) in [6.45, 7) is 6.97. The van der Waals surface area contributed by atoms with E-state index in [0.29, 0.717) is 17.9 Å². The van der Waals surface area contributed by atoms with Crippen LogP contribution in [0.25, 0.3) is 11.4 Å². The van der Waals surface area contributed by atoms with Crippen molar-refractivity contribution in [1.82, 2.24) is 15.0 Å². The summed E-state index contributed by atoms with van der Waals surface area (Å²) in [5, 5.41) is 0. The summed E-state index contributed by atoms with van der Waals surface area (Å²) in [5.74, 6) is 0.293. The Kier molecular flexibility index (Phi) is 10.2. The minimum Gasteiger partial charge on any atom is -0.493 e. The molecule has 4 aromatic rings. The highest BCUT2D eigenvalue weighted by Gasteiger charge is 2.26. The van der Waals surface area contributed by atoms with E-state index in [0.717, 1.165) is 24.8 Å². The van der Waals surface area contributed by atoms with Crippen LogP contribution in [-0.2, 0) is 24.9 Å². The lowest BCUT2D eigenvalue weighted by molar-refractivity contribution is -0.165. The van der Waals surface area contributed by atoms with E-state index >= 15 is 0 Å². The van der Waals surface area contributed by atoms with Crippen LogP contribution in [0.15, 0.2) is 76.6 Å². The molecule has 1 aliphatic heterocycles. The number of para-hydroxylation sites is 2. The largest absolute Gasteiger partial charge is 0.493 e. The van der Waals surface area contributed by atoms with E-state index in [9.17, 15) is 13.2 Å². The van der Waals surface area contributed by atoms with Crippen LogP contribution in [0.2, 0.25) is 0 Å². The van der Waals surface area contributed by atoms with Gasteiger partial charge in [0, 0.05) is 24.4 Å². The molecule has 13 heteroatoms. The predicted octanol–water partition coefficient (Wildman–Crippen LogP) is 5.65. The van der Waals surface area contributed by atoms with Gasteiger partial charge in [0.15, 0.2) is 29.4 Å². The number of H-pyrrole nitrogens is 1. The molecule has 46 heavy (non-hydrogen) atoms. The fourth-order valence-corrected chi connectivity index (χ4v) is 5.70. The number of hydrogen-bond donors (Lipinski definition) is 2. The molecule has 1 atom stereocenters. The Morgan fingerprint density at radius 3 is 2.43 bits per heavy atom. The number of rotatable bonds is 12.